The van der Waals surface area contributed by atoms with E-state index in [9.17, 15) is 18.0 Å². The van der Waals surface area contributed by atoms with Gasteiger partial charge in [0.1, 0.15) is 0 Å². The van der Waals surface area contributed by atoms with Crippen molar-refractivity contribution in [3.8, 4) is 0 Å². The molecule has 0 aliphatic carbocycles. The van der Waals surface area contributed by atoms with Crippen LogP contribution in [0.5, 0.6) is 0 Å². The molecule has 1 fully saturated rings. The lowest BCUT2D eigenvalue weighted by Crippen LogP contribution is -2.30. The van der Waals surface area contributed by atoms with Crippen LogP contribution in [0.15, 0.2) is 18.2 Å². The molecular formula is C13H15F3N2O2. The number of nitrogens with zero attached hydrogens (tertiary/aromatic N) is 1. The predicted molar refractivity (Wildman–Crippen MR) is 68.3 cm³/mol. The molecule has 1 aliphatic heterocycles. The molecule has 1 aromatic carbocycles. The minimum Gasteiger partial charge on any atom is -0.318 e. The predicted octanol–water partition coefficient (Wildman–Crippen LogP) is 3.19. The highest BCUT2D eigenvalue weighted by Gasteiger charge is 2.39. The zero-order valence-corrected chi connectivity index (χ0v) is 11.3. The number of alkyl halides is 3. The Kier molecular flexibility index (Phi) is 3.41. The summed E-state index contributed by atoms with van der Waals surface area (Å²) >= 11 is 0. The number of hydrogen-bond donors (Lipinski definition) is 1. The van der Waals surface area contributed by atoms with E-state index in [4.69, 9.17) is 4.84 Å². The highest BCUT2D eigenvalue weighted by molar-refractivity contribution is 5.95. The number of carbonyl (C=O) groups is 1. The number of rotatable bonds is 2. The van der Waals surface area contributed by atoms with Crippen molar-refractivity contribution in [1.29, 1.82) is 0 Å². The minimum atomic E-state index is -4.91. The van der Waals surface area contributed by atoms with Crippen molar-refractivity contribution in [2.45, 2.75) is 32.4 Å². The quantitative estimate of drug-likeness (QED) is 0.850. The van der Waals surface area contributed by atoms with Gasteiger partial charge in [-0.2, -0.15) is 13.2 Å². The summed E-state index contributed by atoms with van der Waals surface area (Å²) in [7, 11) is 0. The topological polar surface area (TPSA) is 44.6 Å². The lowest BCUT2D eigenvalue weighted by molar-refractivity contribution is -0.167. The van der Waals surface area contributed by atoms with E-state index < -0.39 is 12.1 Å². The molecule has 20 heavy (non-hydrogen) atoms. The summed E-state index contributed by atoms with van der Waals surface area (Å²) in [6.07, 6.45) is -4.91. The van der Waals surface area contributed by atoms with E-state index in [-0.39, 0.29) is 11.1 Å². The van der Waals surface area contributed by atoms with Crippen LogP contribution in [0.1, 0.15) is 26.3 Å². The molecule has 1 heterocycles. The Morgan fingerprint density at radius 2 is 1.85 bits per heavy atom. The van der Waals surface area contributed by atoms with Gasteiger partial charge in [0.2, 0.25) is 0 Å². The van der Waals surface area contributed by atoms with Gasteiger partial charge in [-0.25, -0.2) is 9.90 Å². The van der Waals surface area contributed by atoms with Gasteiger partial charge in [0.15, 0.2) is 6.73 Å². The molecule has 0 radical (unpaired) electrons. The number of nitrogens with one attached hydrogen (secondary N) is 1. The third-order valence-electron chi connectivity index (χ3n) is 2.85. The zero-order valence-electron chi connectivity index (χ0n) is 11.3. The van der Waals surface area contributed by atoms with E-state index >= 15 is 0 Å². The maximum atomic E-state index is 12.3. The third-order valence-corrected chi connectivity index (χ3v) is 2.85. The Hall–Kier alpha value is -1.76. The first kappa shape index (κ1) is 14.6. The Labute approximate surface area is 114 Å². The van der Waals surface area contributed by atoms with Gasteiger partial charge in [-0.1, -0.05) is 20.8 Å². The third kappa shape index (κ3) is 3.41. The summed E-state index contributed by atoms with van der Waals surface area (Å²) in [5, 5.41) is 3.40. The molecule has 0 spiro atoms. The van der Waals surface area contributed by atoms with Gasteiger partial charge in [-0.3, -0.25) is 4.79 Å². The van der Waals surface area contributed by atoms with Crippen LogP contribution >= 0.6 is 0 Å². The number of benzene rings is 1. The molecule has 0 bridgehead atoms. The van der Waals surface area contributed by atoms with Crippen molar-refractivity contribution < 1.29 is 22.8 Å². The number of amides is 1. The summed E-state index contributed by atoms with van der Waals surface area (Å²) in [5.41, 5.74) is 1.27. The standard InChI is InChI=1S/C13H15F3N2O2/c1-12(2,3)8-4-9(17-11(19)13(14,15)16)6-10(5-8)18-7-20-18/h4-6H,7H2,1-3H3,(H,17,19). The smallest absolute Gasteiger partial charge is 0.318 e. The van der Waals surface area contributed by atoms with Gasteiger partial charge < -0.3 is 5.32 Å². The van der Waals surface area contributed by atoms with Crippen LogP contribution in [0.2, 0.25) is 0 Å². The van der Waals surface area contributed by atoms with Crippen molar-refractivity contribution in [2.75, 3.05) is 17.1 Å². The highest BCUT2D eigenvalue weighted by Crippen LogP contribution is 2.33. The lowest BCUT2D eigenvalue weighted by atomic mass is 9.86. The molecule has 1 saturated heterocycles. The molecule has 1 aliphatic rings. The van der Waals surface area contributed by atoms with Crippen LogP contribution in [0.4, 0.5) is 24.5 Å². The molecule has 1 amide bonds. The number of halogens is 3. The van der Waals surface area contributed by atoms with Crippen LogP contribution in [0.3, 0.4) is 0 Å². The number of hydrogen-bond acceptors (Lipinski definition) is 3. The average Bonchev–Trinajstić information content (AvgIpc) is 3.09. The van der Waals surface area contributed by atoms with Crippen LogP contribution in [0, 0.1) is 0 Å². The Morgan fingerprint density at radius 3 is 2.30 bits per heavy atom. The fourth-order valence-electron chi connectivity index (χ4n) is 1.64. The number of anilines is 2. The van der Waals surface area contributed by atoms with Crippen molar-refractivity contribution in [2.24, 2.45) is 0 Å². The van der Waals surface area contributed by atoms with Crippen molar-refractivity contribution in [1.82, 2.24) is 0 Å². The van der Waals surface area contributed by atoms with E-state index in [1.807, 2.05) is 32.2 Å². The number of carbonyl (C=O) groups excluding carboxylic acids is 1. The molecule has 2 rings (SSSR count). The van der Waals surface area contributed by atoms with E-state index in [0.29, 0.717) is 12.4 Å². The van der Waals surface area contributed by atoms with E-state index in [1.165, 1.54) is 17.2 Å². The van der Waals surface area contributed by atoms with Gasteiger partial charge in [0.05, 0.1) is 5.69 Å². The van der Waals surface area contributed by atoms with Crippen LogP contribution in [-0.4, -0.2) is 18.8 Å². The molecule has 0 atom stereocenters. The second-order valence-corrected chi connectivity index (χ2v) is 5.61. The fourth-order valence-corrected chi connectivity index (χ4v) is 1.64. The van der Waals surface area contributed by atoms with E-state index in [1.54, 1.807) is 0 Å². The van der Waals surface area contributed by atoms with Crippen LogP contribution in [0.25, 0.3) is 0 Å². The molecule has 0 aromatic heterocycles. The molecule has 0 saturated carbocycles. The van der Waals surface area contributed by atoms with Gasteiger partial charge in [0.25, 0.3) is 0 Å². The molecule has 110 valence electrons. The lowest BCUT2D eigenvalue weighted by Gasteiger charge is -2.21. The molecule has 0 unspecified atom stereocenters. The van der Waals surface area contributed by atoms with Gasteiger partial charge in [0, 0.05) is 5.69 Å². The summed E-state index contributed by atoms with van der Waals surface area (Å²) in [6.45, 7) is 6.19. The summed E-state index contributed by atoms with van der Waals surface area (Å²) < 4.78 is 36.9. The first-order valence-corrected chi connectivity index (χ1v) is 6.01. The van der Waals surface area contributed by atoms with Gasteiger partial charge in [-0.15, -0.1) is 0 Å². The molecule has 4 nitrogen and oxygen atoms in total. The van der Waals surface area contributed by atoms with Crippen molar-refractivity contribution in [3.63, 3.8) is 0 Å². The van der Waals surface area contributed by atoms with Crippen LogP contribution in [-0.2, 0) is 15.0 Å². The second-order valence-electron chi connectivity index (χ2n) is 5.61. The molecular weight excluding hydrogens is 273 g/mol. The maximum Gasteiger partial charge on any atom is 0.471 e. The maximum absolute atomic E-state index is 12.3. The van der Waals surface area contributed by atoms with Crippen molar-refractivity contribution >= 4 is 17.3 Å². The highest BCUT2D eigenvalue weighted by atomic mass is 19.4. The zero-order chi connectivity index (χ0) is 15.1. The normalized spacial score (nSPS) is 15.2. The summed E-state index contributed by atoms with van der Waals surface area (Å²) in [5.74, 6) is -1.98. The Bertz CT molecular complexity index is 531. The monoisotopic (exact) mass is 288 g/mol. The average molecular weight is 288 g/mol. The van der Waals surface area contributed by atoms with Crippen molar-refractivity contribution in [3.05, 3.63) is 23.8 Å². The molecule has 7 heteroatoms. The Balaban J connectivity index is 2.32. The van der Waals surface area contributed by atoms with E-state index in [0.717, 1.165) is 5.56 Å². The SMILES string of the molecule is CC(C)(C)c1cc(NC(=O)C(F)(F)F)cc(N2CO2)c1. The fraction of sp³-hybridized carbons (Fsp3) is 0.462. The second kappa shape index (κ2) is 4.66. The summed E-state index contributed by atoms with van der Waals surface area (Å²) in [6, 6.07) is 4.82. The molecule has 1 aromatic rings. The van der Waals surface area contributed by atoms with Gasteiger partial charge in [-0.05, 0) is 29.2 Å². The largest absolute Gasteiger partial charge is 0.471 e. The first-order chi connectivity index (χ1) is 9.07. The van der Waals surface area contributed by atoms with Crippen LogP contribution < -0.4 is 10.4 Å². The summed E-state index contributed by atoms with van der Waals surface area (Å²) in [4.78, 5) is 16.0. The molecule has 1 N–H and O–H groups in total. The van der Waals surface area contributed by atoms with E-state index in [2.05, 4.69) is 0 Å². The minimum absolute atomic E-state index is 0.102. The number of hydroxylamine groups is 1. The Morgan fingerprint density at radius 1 is 1.25 bits per heavy atom. The van der Waals surface area contributed by atoms with Gasteiger partial charge >= 0.3 is 12.1 Å². The first-order valence-electron chi connectivity index (χ1n) is 6.01.